The maximum Gasteiger partial charge on any atom is 0.0738 e. The van der Waals surface area contributed by atoms with Gasteiger partial charge in [0.05, 0.1) is 5.52 Å². The Morgan fingerprint density at radius 2 is 2.18 bits per heavy atom. The van der Waals surface area contributed by atoms with Gasteiger partial charge in [-0.1, -0.05) is 11.6 Å². The summed E-state index contributed by atoms with van der Waals surface area (Å²) in [6.45, 7) is 2.63. The molecule has 17 heavy (non-hydrogen) atoms. The number of aromatic nitrogens is 1. The standard InChI is InChI=1S/C14H15ClN2/c1-8-5-9(15)6-11-12(7-16)10-3-2-4-13(10)17-14(8)11/h5-6H,2-4,7,16H2,1H3. The lowest BCUT2D eigenvalue weighted by molar-refractivity contribution is 0.896. The number of benzene rings is 1. The fourth-order valence-electron chi connectivity index (χ4n) is 2.82. The second-order valence-electron chi connectivity index (χ2n) is 4.69. The largest absolute Gasteiger partial charge is 0.326 e. The number of pyridine rings is 1. The molecule has 3 rings (SSSR count). The first-order valence-electron chi connectivity index (χ1n) is 6.01. The zero-order valence-corrected chi connectivity index (χ0v) is 10.6. The summed E-state index contributed by atoms with van der Waals surface area (Å²) in [5, 5.41) is 1.91. The van der Waals surface area contributed by atoms with E-state index in [1.54, 1.807) is 0 Å². The topological polar surface area (TPSA) is 38.9 Å². The van der Waals surface area contributed by atoms with E-state index in [-0.39, 0.29) is 0 Å². The Hall–Kier alpha value is -1.12. The Morgan fingerprint density at radius 1 is 1.35 bits per heavy atom. The van der Waals surface area contributed by atoms with Crippen molar-refractivity contribution in [1.82, 2.24) is 4.98 Å². The first-order chi connectivity index (χ1) is 8.20. The monoisotopic (exact) mass is 246 g/mol. The van der Waals surface area contributed by atoms with Gasteiger partial charge in [0, 0.05) is 22.6 Å². The van der Waals surface area contributed by atoms with Gasteiger partial charge in [0.15, 0.2) is 0 Å². The lowest BCUT2D eigenvalue weighted by Gasteiger charge is -2.12. The van der Waals surface area contributed by atoms with Gasteiger partial charge in [-0.05, 0) is 55.0 Å². The van der Waals surface area contributed by atoms with Gasteiger partial charge in [-0.15, -0.1) is 0 Å². The lowest BCUT2D eigenvalue weighted by atomic mass is 9.99. The molecule has 0 saturated heterocycles. The predicted molar refractivity (Wildman–Crippen MR) is 71.4 cm³/mol. The van der Waals surface area contributed by atoms with Gasteiger partial charge in [-0.25, -0.2) is 0 Å². The number of rotatable bonds is 1. The van der Waals surface area contributed by atoms with Crippen molar-refractivity contribution in [2.45, 2.75) is 32.7 Å². The van der Waals surface area contributed by atoms with Crippen molar-refractivity contribution in [3.63, 3.8) is 0 Å². The molecule has 2 aromatic rings. The first kappa shape index (κ1) is 11.0. The summed E-state index contributed by atoms with van der Waals surface area (Å²) in [4.78, 5) is 4.79. The molecular weight excluding hydrogens is 232 g/mol. The second-order valence-corrected chi connectivity index (χ2v) is 5.13. The molecule has 3 heteroatoms. The van der Waals surface area contributed by atoms with E-state index in [0.29, 0.717) is 6.54 Å². The van der Waals surface area contributed by atoms with Crippen molar-refractivity contribution in [2.24, 2.45) is 5.73 Å². The van der Waals surface area contributed by atoms with Crippen molar-refractivity contribution < 1.29 is 0 Å². The maximum absolute atomic E-state index is 6.14. The molecule has 2 nitrogen and oxygen atoms in total. The van der Waals surface area contributed by atoms with E-state index in [1.165, 1.54) is 23.2 Å². The van der Waals surface area contributed by atoms with E-state index in [9.17, 15) is 0 Å². The van der Waals surface area contributed by atoms with Crippen LogP contribution in [0.3, 0.4) is 0 Å². The third-order valence-electron chi connectivity index (χ3n) is 3.59. The SMILES string of the molecule is Cc1cc(Cl)cc2c(CN)c3c(nc12)CCC3. The number of halogens is 1. The summed E-state index contributed by atoms with van der Waals surface area (Å²) in [5.74, 6) is 0. The molecule has 0 radical (unpaired) electrons. The molecular formula is C14H15ClN2. The first-order valence-corrected chi connectivity index (χ1v) is 6.39. The molecule has 0 saturated carbocycles. The third kappa shape index (κ3) is 1.63. The van der Waals surface area contributed by atoms with Gasteiger partial charge < -0.3 is 5.73 Å². The zero-order chi connectivity index (χ0) is 12.0. The van der Waals surface area contributed by atoms with Crippen LogP contribution in [0.1, 0.15) is 28.8 Å². The quantitative estimate of drug-likeness (QED) is 0.840. The average Bonchev–Trinajstić information content (AvgIpc) is 2.74. The van der Waals surface area contributed by atoms with Crippen LogP contribution in [0.4, 0.5) is 0 Å². The highest BCUT2D eigenvalue weighted by Crippen LogP contribution is 2.32. The predicted octanol–water partition coefficient (Wildman–Crippen LogP) is 3.14. The second kappa shape index (κ2) is 3.97. The Bertz CT molecular complexity index is 605. The number of hydrogen-bond donors (Lipinski definition) is 1. The van der Waals surface area contributed by atoms with Gasteiger partial charge in [0.25, 0.3) is 0 Å². The highest BCUT2D eigenvalue weighted by atomic mass is 35.5. The van der Waals surface area contributed by atoms with Crippen molar-refractivity contribution >= 4 is 22.5 Å². The minimum atomic E-state index is 0.571. The summed E-state index contributed by atoms with van der Waals surface area (Å²) in [6.07, 6.45) is 3.38. The average molecular weight is 247 g/mol. The van der Waals surface area contributed by atoms with Crippen LogP contribution in [0, 0.1) is 6.92 Å². The van der Waals surface area contributed by atoms with Crippen LogP contribution >= 0.6 is 11.6 Å². The normalized spacial score (nSPS) is 14.3. The molecule has 1 aromatic carbocycles. The zero-order valence-electron chi connectivity index (χ0n) is 9.89. The van der Waals surface area contributed by atoms with Gasteiger partial charge >= 0.3 is 0 Å². The molecule has 0 spiro atoms. The summed E-state index contributed by atoms with van der Waals surface area (Å²) in [7, 11) is 0. The molecule has 1 aliphatic rings. The summed E-state index contributed by atoms with van der Waals surface area (Å²) < 4.78 is 0. The van der Waals surface area contributed by atoms with E-state index in [2.05, 4.69) is 6.92 Å². The van der Waals surface area contributed by atoms with Crippen LogP contribution < -0.4 is 5.73 Å². The molecule has 0 aliphatic heterocycles. The number of nitrogens with two attached hydrogens (primary N) is 1. The molecule has 2 N–H and O–H groups in total. The summed E-state index contributed by atoms with van der Waals surface area (Å²) in [5.41, 5.74) is 12.0. The molecule has 0 bridgehead atoms. The van der Waals surface area contributed by atoms with Crippen LogP contribution in [0.5, 0.6) is 0 Å². The van der Waals surface area contributed by atoms with Crippen molar-refractivity contribution in [1.29, 1.82) is 0 Å². The molecule has 0 unspecified atom stereocenters. The van der Waals surface area contributed by atoms with Crippen LogP contribution in [-0.4, -0.2) is 4.98 Å². The lowest BCUT2D eigenvalue weighted by Crippen LogP contribution is -2.05. The molecule has 88 valence electrons. The van der Waals surface area contributed by atoms with Crippen molar-refractivity contribution in [2.75, 3.05) is 0 Å². The molecule has 1 aromatic heterocycles. The highest BCUT2D eigenvalue weighted by Gasteiger charge is 2.19. The van der Waals surface area contributed by atoms with E-state index >= 15 is 0 Å². The number of nitrogens with zero attached hydrogens (tertiary/aromatic N) is 1. The van der Waals surface area contributed by atoms with Gasteiger partial charge in [-0.3, -0.25) is 4.98 Å². The third-order valence-corrected chi connectivity index (χ3v) is 3.81. The van der Waals surface area contributed by atoms with Gasteiger partial charge in [-0.2, -0.15) is 0 Å². The van der Waals surface area contributed by atoms with Crippen LogP contribution in [0.15, 0.2) is 12.1 Å². The Morgan fingerprint density at radius 3 is 2.94 bits per heavy atom. The minimum Gasteiger partial charge on any atom is -0.326 e. The van der Waals surface area contributed by atoms with Gasteiger partial charge in [0.1, 0.15) is 0 Å². The van der Waals surface area contributed by atoms with Gasteiger partial charge in [0.2, 0.25) is 0 Å². The molecule has 0 fully saturated rings. The number of hydrogen-bond acceptors (Lipinski definition) is 2. The maximum atomic E-state index is 6.14. The highest BCUT2D eigenvalue weighted by molar-refractivity contribution is 6.31. The smallest absolute Gasteiger partial charge is 0.0738 e. The fraction of sp³-hybridized carbons (Fsp3) is 0.357. The number of aryl methyl sites for hydroxylation is 2. The van der Waals surface area contributed by atoms with Crippen molar-refractivity contribution in [3.05, 3.63) is 39.5 Å². The molecule has 0 atom stereocenters. The minimum absolute atomic E-state index is 0.571. The van der Waals surface area contributed by atoms with Crippen LogP contribution in [0.2, 0.25) is 5.02 Å². The van der Waals surface area contributed by atoms with E-state index in [4.69, 9.17) is 22.3 Å². The van der Waals surface area contributed by atoms with Crippen molar-refractivity contribution in [3.8, 4) is 0 Å². The Labute approximate surface area is 106 Å². The molecule has 0 amide bonds. The Kier molecular flexibility index (Phi) is 2.57. The molecule has 1 aliphatic carbocycles. The van der Waals surface area contributed by atoms with Crippen LogP contribution in [0.25, 0.3) is 10.9 Å². The Balaban J connectivity index is 2.45. The van der Waals surface area contributed by atoms with Crippen LogP contribution in [-0.2, 0) is 19.4 Å². The fourth-order valence-corrected chi connectivity index (χ4v) is 3.09. The van der Waals surface area contributed by atoms with E-state index in [0.717, 1.165) is 34.3 Å². The number of fused-ring (bicyclic) bond motifs is 2. The van der Waals surface area contributed by atoms with E-state index < -0.39 is 0 Å². The summed E-state index contributed by atoms with van der Waals surface area (Å²) in [6, 6.07) is 3.97. The summed E-state index contributed by atoms with van der Waals surface area (Å²) >= 11 is 6.14. The van der Waals surface area contributed by atoms with E-state index in [1.807, 2.05) is 12.1 Å². The molecule has 1 heterocycles.